The topological polar surface area (TPSA) is 17.1 Å². The Bertz CT molecular complexity index is 181. The molecule has 1 atom stereocenters. The maximum atomic E-state index is 11.5. The van der Waals surface area contributed by atoms with E-state index in [1.807, 2.05) is 11.8 Å². The maximum absolute atomic E-state index is 11.5. The van der Waals surface area contributed by atoms with Crippen molar-refractivity contribution in [2.75, 3.05) is 5.75 Å². The van der Waals surface area contributed by atoms with Gasteiger partial charge in [0.05, 0.1) is 0 Å². The molecular weight excluding hydrogens is 180 g/mol. The summed E-state index contributed by atoms with van der Waals surface area (Å²) in [6, 6.07) is 0. The summed E-state index contributed by atoms with van der Waals surface area (Å²) in [4.78, 5) is 11.5. The zero-order chi connectivity index (χ0) is 9.90. The molecule has 76 valence electrons. The van der Waals surface area contributed by atoms with Gasteiger partial charge in [-0.15, -0.1) is 0 Å². The first-order valence-corrected chi connectivity index (χ1v) is 6.14. The van der Waals surface area contributed by atoms with Gasteiger partial charge in [-0.05, 0) is 12.8 Å². The fraction of sp³-hybridized carbons (Fsp3) is 0.909. The predicted molar refractivity (Wildman–Crippen MR) is 59.2 cm³/mol. The van der Waals surface area contributed by atoms with Gasteiger partial charge in [-0.25, -0.2) is 0 Å². The molecule has 0 aliphatic heterocycles. The van der Waals surface area contributed by atoms with Gasteiger partial charge < -0.3 is 0 Å². The number of hydrogen-bond acceptors (Lipinski definition) is 2. The Hall–Kier alpha value is 0.0200. The quantitative estimate of drug-likeness (QED) is 0.680. The standard InChI is InChI=1S/C11H20OS/c1-11(2,3)13-8-9-6-4-5-7-10(9)12/h9H,4-8H2,1-3H3. The van der Waals surface area contributed by atoms with Crippen molar-refractivity contribution >= 4 is 17.5 Å². The van der Waals surface area contributed by atoms with Gasteiger partial charge in [0.1, 0.15) is 5.78 Å². The third-order valence-corrected chi connectivity index (χ3v) is 3.83. The Morgan fingerprint density at radius 1 is 1.38 bits per heavy atom. The lowest BCUT2D eigenvalue weighted by Gasteiger charge is -2.24. The van der Waals surface area contributed by atoms with Gasteiger partial charge in [-0.1, -0.05) is 27.2 Å². The molecule has 0 heterocycles. The molecule has 1 nitrogen and oxygen atoms in total. The van der Waals surface area contributed by atoms with E-state index in [1.54, 1.807) is 0 Å². The number of carbonyl (C=O) groups excluding carboxylic acids is 1. The maximum Gasteiger partial charge on any atom is 0.136 e. The molecule has 1 aliphatic rings. The third-order valence-electron chi connectivity index (χ3n) is 2.40. The lowest BCUT2D eigenvalue weighted by Crippen LogP contribution is -2.23. The summed E-state index contributed by atoms with van der Waals surface area (Å²) < 4.78 is 0.303. The molecule has 1 aliphatic carbocycles. The van der Waals surface area contributed by atoms with Gasteiger partial charge >= 0.3 is 0 Å². The molecule has 0 radical (unpaired) electrons. The molecular formula is C11H20OS. The van der Waals surface area contributed by atoms with E-state index in [9.17, 15) is 4.79 Å². The minimum absolute atomic E-state index is 0.303. The molecule has 2 heteroatoms. The van der Waals surface area contributed by atoms with E-state index in [0.717, 1.165) is 25.0 Å². The van der Waals surface area contributed by atoms with Crippen molar-refractivity contribution in [3.05, 3.63) is 0 Å². The second kappa shape index (κ2) is 4.50. The van der Waals surface area contributed by atoms with Gasteiger partial charge in [0.2, 0.25) is 0 Å². The average Bonchev–Trinajstić information content (AvgIpc) is 2.01. The summed E-state index contributed by atoms with van der Waals surface area (Å²) >= 11 is 1.92. The zero-order valence-corrected chi connectivity index (χ0v) is 9.75. The van der Waals surface area contributed by atoms with Crippen LogP contribution in [0.5, 0.6) is 0 Å². The highest BCUT2D eigenvalue weighted by atomic mass is 32.2. The number of Topliss-reactive ketones (excluding diaryl/α,β-unsaturated/α-hetero) is 1. The normalized spacial score (nSPS) is 24.8. The van der Waals surface area contributed by atoms with Crippen LogP contribution in [0.15, 0.2) is 0 Å². The second-order valence-corrected chi connectivity index (χ2v) is 6.68. The Kier molecular flexibility index (Phi) is 3.84. The minimum atomic E-state index is 0.303. The molecule has 0 saturated heterocycles. The first-order valence-electron chi connectivity index (χ1n) is 5.16. The van der Waals surface area contributed by atoms with E-state index >= 15 is 0 Å². The van der Waals surface area contributed by atoms with Crippen LogP contribution in [0.2, 0.25) is 0 Å². The van der Waals surface area contributed by atoms with E-state index in [4.69, 9.17) is 0 Å². The molecule has 1 saturated carbocycles. The highest BCUT2D eigenvalue weighted by Gasteiger charge is 2.24. The lowest BCUT2D eigenvalue weighted by atomic mass is 9.89. The Labute approximate surface area is 85.7 Å². The summed E-state index contributed by atoms with van der Waals surface area (Å²) in [7, 11) is 0. The SMILES string of the molecule is CC(C)(C)SCC1CCCCC1=O. The van der Waals surface area contributed by atoms with Crippen LogP contribution in [0.25, 0.3) is 0 Å². The molecule has 13 heavy (non-hydrogen) atoms. The molecule has 0 spiro atoms. The molecule has 1 rings (SSSR count). The first kappa shape index (κ1) is 11.1. The van der Waals surface area contributed by atoms with Crippen LogP contribution in [0.4, 0.5) is 0 Å². The van der Waals surface area contributed by atoms with E-state index in [2.05, 4.69) is 20.8 Å². The molecule has 0 aromatic heterocycles. The zero-order valence-electron chi connectivity index (χ0n) is 8.93. The highest BCUT2D eigenvalue weighted by Crippen LogP contribution is 2.30. The van der Waals surface area contributed by atoms with Crippen molar-refractivity contribution in [1.29, 1.82) is 0 Å². The number of ketones is 1. The Morgan fingerprint density at radius 2 is 2.08 bits per heavy atom. The average molecular weight is 200 g/mol. The Morgan fingerprint density at radius 3 is 2.62 bits per heavy atom. The van der Waals surface area contributed by atoms with Crippen LogP contribution < -0.4 is 0 Å². The first-order chi connectivity index (χ1) is 5.99. The third kappa shape index (κ3) is 4.17. The van der Waals surface area contributed by atoms with Crippen molar-refractivity contribution in [1.82, 2.24) is 0 Å². The van der Waals surface area contributed by atoms with Crippen molar-refractivity contribution in [3.63, 3.8) is 0 Å². The molecule has 0 aromatic carbocycles. The van der Waals surface area contributed by atoms with Gasteiger partial charge in [0.15, 0.2) is 0 Å². The van der Waals surface area contributed by atoms with Gasteiger partial charge in [-0.2, -0.15) is 11.8 Å². The fourth-order valence-electron chi connectivity index (χ4n) is 1.58. The molecule has 1 fully saturated rings. The largest absolute Gasteiger partial charge is 0.299 e. The molecule has 0 bridgehead atoms. The lowest BCUT2D eigenvalue weighted by molar-refractivity contribution is -0.123. The summed E-state index contributed by atoms with van der Waals surface area (Å²) in [6.45, 7) is 6.64. The predicted octanol–water partition coefficient (Wildman–Crippen LogP) is 3.28. The number of carbonyl (C=O) groups is 1. The van der Waals surface area contributed by atoms with E-state index in [-0.39, 0.29) is 0 Å². The Balaban J connectivity index is 2.31. The molecule has 0 N–H and O–H groups in total. The van der Waals surface area contributed by atoms with Crippen LogP contribution in [0.3, 0.4) is 0 Å². The van der Waals surface area contributed by atoms with Crippen LogP contribution in [-0.4, -0.2) is 16.3 Å². The summed E-state index contributed by atoms with van der Waals surface area (Å²) in [5, 5.41) is 0. The summed E-state index contributed by atoms with van der Waals surface area (Å²) in [5.74, 6) is 1.89. The number of hydrogen-bond donors (Lipinski definition) is 0. The van der Waals surface area contributed by atoms with E-state index < -0.39 is 0 Å². The van der Waals surface area contributed by atoms with Gasteiger partial charge in [-0.3, -0.25) is 4.79 Å². The van der Waals surface area contributed by atoms with E-state index in [1.165, 1.54) is 6.42 Å². The van der Waals surface area contributed by atoms with Crippen molar-refractivity contribution in [2.24, 2.45) is 5.92 Å². The summed E-state index contributed by atoms with van der Waals surface area (Å²) in [5.41, 5.74) is 0. The molecule has 0 aromatic rings. The summed E-state index contributed by atoms with van der Waals surface area (Å²) in [6.07, 6.45) is 4.33. The van der Waals surface area contributed by atoms with Crippen molar-refractivity contribution in [3.8, 4) is 0 Å². The van der Waals surface area contributed by atoms with Crippen LogP contribution in [0.1, 0.15) is 46.5 Å². The molecule has 0 amide bonds. The number of rotatable bonds is 2. The van der Waals surface area contributed by atoms with E-state index in [0.29, 0.717) is 16.4 Å². The second-order valence-electron chi connectivity index (χ2n) is 4.83. The van der Waals surface area contributed by atoms with Crippen LogP contribution >= 0.6 is 11.8 Å². The minimum Gasteiger partial charge on any atom is -0.299 e. The van der Waals surface area contributed by atoms with Crippen LogP contribution in [0, 0.1) is 5.92 Å². The van der Waals surface area contributed by atoms with Gasteiger partial charge in [0.25, 0.3) is 0 Å². The van der Waals surface area contributed by atoms with Gasteiger partial charge in [0, 0.05) is 22.8 Å². The van der Waals surface area contributed by atoms with Crippen molar-refractivity contribution in [2.45, 2.75) is 51.2 Å². The van der Waals surface area contributed by atoms with Crippen molar-refractivity contribution < 1.29 is 4.79 Å². The molecule has 1 unspecified atom stereocenters. The smallest absolute Gasteiger partial charge is 0.136 e. The monoisotopic (exact) mass is 200 g/mol. The fourth-order valence-corrected chi connectivity index (χ4v) is 2.64. The van der Waals surface area contributed by atoms with Crippen LogP contribution in [-0.2, 0) is 4.79 Å². The highest BCUT2D eigenvalue weighted by molar-refractivity contribution is 8.00. The number of thioether (sulfide) groups is 1.